The van der Waals surface area contributed by atoms with Gasteiger partial charge in [-0.15, -0.1) is 0 Å². The van der Waals surface area contributed by atoms with Gasteiger partial charge in [0.05, 0.1) is 23.0 Å². The van der Waals surface area contributed by atoms with Crippen molar-refractivity contribution in [1.29, 1.82) is 0 Å². The number of carbonyl (C=O) groups excluding carboxylic acids is 1. The molecule has 0 aliphatic carbocycles. The summed E-state index contributed by atoms with van der Waals surface area (Å²) < 4.78 is 22.6. The van der Waals surface area contributed by atoms with Gasteiger partial charge in [0.2, 0.25) is 5.91 Å². The topological polar surface area (TPSA) is 89.3 Å². The molecule has 1 aliphatic heterocycles. The molecule has 1 amide bonds. The lowest BCUT2D eigenvalue weighted by Gasteiger charge is -2.34. The SMILES string of the molecule is CC(C)C(C)(CN)NC(=O)C1CCS(=O)(=O)C1. The quantitative estimate of drug-likeness (QED) is 0.741. The first-order valence-corrected chi connectivity index (χ1v) is 7.75. The number of rotatable bonds is 4. The van der Waals surface area contributed by atoms with E-state index in [0.29, 0.717) is 13.0 Å². The van der Waals surface area contributed by atoms with Gasteiger partial charge in [-0.2, -0.15) is 0 Å². The van der Waals surface area contributed by atoms with Gasteiger partial charge in [-0.1, -0.05) is 13.8 Å². The second-order valence-electron chi connectivity index (χ2n) is 5.37. The van der Waals surface area contributed by atoms with Gasteiger partial charge in [0, 0.05) is 6.54 Å². The molecule has 1 fully saturated rings. The summed E-state index contributed by atoms with van der Waals surface area (Å²) in [5.74, 6) is -0.309. The Hall–Kier alpha value is -0.620. The van der Waals surface area contributed by atoms with Crippen LogP contribution in [0.4, 0.5) is 0 Å². The molecule has 0 saturated carbocycles. The van der Waals surface area contributed by atoms with Crippen LogP contribution < -0.4 is 11.1 Å². The summed E-state index contributed by atoms with van der Waals surface area (Å²) >= 11 is 0. The van der Waals surface area contributed by atoms with Crippen molar-refractivity contribution in [2.45, 2.75) is 32.7 Å². The Morgan fingerprint density at radius 3 is 2.47 bits per heavy atom. The van der Waals surface area contributed by atoms with Crippen molar-refractivity contribution >= 4 is 15.7 Å². The van der Waals surface area contributed by atoms with Gasteiger partial charge in [-0.3, -0.25) is 4.79 Å². The predicted octanol–water partition coefficient (Wildman–Crippen LogP) is -0.0893. The van der Waals surface area contributed by atoms with Crippen LogP contribution in [0.25, 0.3) is 0 Å². The van der Waals surface area contributed by atoms with Gasteiger partial charge in [0.15, 0.2) is 9.84 Å². The van der Waals surface area contributed by atoms with Crippen molar-refractivity contribution in [1.82, 2.24) is 5.32 Å². The lowest BCUT2D eigenvalue weighted by Crippen LogP contribution is -2.56. The van der Waals surface area contributed by atoms with Crippen molar-refractivity contribution < 1.29 is 13.2 Å². The third-order valence-corrected chi connectivity index (χ3v) is 5.48. The molecule has 0 bridgehead atoms. The molecule has 1 heterocycles. The molecule has 6 heteroatoms. The largest absolute Gasteiger partial charge is 0.349 e. The van der Waals surface area contributed by atoms with Crippen LogP contribution in [0.1, 0.15) is 27.2 Å². The van der Waals surface area contributed by atoms with Crippen molar-refractivity contribution in [3.63, 3.8) is 0 Å². The zero-order valence-electron chi connectivity index (χ0n) is 10.7. The van der Waals surface area contributed by atoms with Gasteiger partial charge in [0.25, 0.3) is 0 Å². The summed E-state index contributed by atoms with van der Waals surface area (Å²) in [5.41, 5.74) is 5.21. The van der Waals surface area contributed by atoms with Crippen LogP contribution in [0.3, 0.4) is 0 Å². The first-order valence-electron chi connectivity index (χ1n) is 5.93. The van der Waals surface area contributed by atoms with E-state index in [0.717, 1.165) is 0 Å². The van der Waals surface area contributed by atoms with Crippen molar-refractivity contribution in [2.24, 2.45) is 17.6 Å². The molecular weight excluding hydrogens is 240 g/mol. The molecular formula is C11H22N2O3S. The number of carbonyl (C=O) groups is 1. The molecule has 0 aromatic carbocycles. The number of amides is 1. The Kier molecular flexibility index (Phi) is 4.19. The van der Waals surface area contributed by atoms with E-state index in [9.17, 15) is 13.2 Å². The van der Waals surface area contributed by atoms with Crippen molar-refractivity contribution in [3.05, 3.63) is 0 Å². The van der Waals surface area contributed by atoms with E-state index in [4.69, 9.17) is 5.73 Å². The molecule has 0 aromatic heterocycles. The highest BCUT2D eigenvalue weighted by Gasteiger charge is 2.36. The Morgan fingerprint density at radius 2 is 2.12 bits per heavy atom. The predicted molar refractivity (Wildman–Crippen MR) is 67.2 cm³/mol. The molecule has 1 saturated heterocycles. The summed E-state index contributed by atoms with van der Waals surface area (Å²) in [6.07, 6.45) is 0.424. The van der Waals surface area contributed by atoms with Crippen molar-refractivity contribution in [2.75, 3.05) is 18.1 Å². The lowest BCUT2D eigenvalue weighted by atomic mass is 9.88. The van der Waals surface area contributed by atoms with Gasteiger partial charge in [-0.25, -0.2) is 8.42 Å². The summed E-state index contributed by atoms with van der Waals surface area (Å²) in [5, 5.41) is 2.89. The highest BCUT2D eigenvalue weighted by atomic mass is 32.2. The molecule has 1 aliphatic rings. The van der Waals surface area contributed by atoms with Crippen LogP contribution in [0.15, 0.2) is 0 Å². The number of hydrogen-bond donors (Lipinski definition) is 2. The number of hydrogen-bond acceptors (Lipinski definition) is 4. The zero-order valence-corrected chi connectivity index (χ0v) is 11.5. The van der Waals surface area contributed by atoms with Gasteiger partial charge < -0.3 is 11.1 Å². The third kappa shape index (κ3) is 3.42. The maximum absolute atomic E-state index is 12.0. The molecule has 0 radical (unpaired) electrons. The van der Waals surface area contributed by atoms with Crippen LogP contribution in [0, 0.1) is 11.8 Å². The van der Waals surface area contributed by atoms with E-state index in [1.54, 1.807) is 0 Å². The smallest absolute Gasteiger partial charge is 0.224 e. The van der Waals surface area contributed by atoms with E-state index in [1.807, 2.05) is 20.8 Å². The fourth-order valence-electron chi connectivity index (χ4n) is 1.82. The first-order chi connectivity index (χ1) is 7.70. The zero-order chi connectivity index (χ0) is 13.3. The Bertz CT molecular complexity index is 392. The maximum atomic E-state index is 12.0. The minimum Gasteiger partial charge on any atom is -0.349 e. The minimum absolute atomic E-state index is 0.0302. The molecule has 2 atom stereocenters. The Labute approximate surface area is 103 Å². The molecule has 3 N–H and O–H groups in total. The molecule has 1 rings (SSSR count). The van der Waals surface area contributed by atoms with Crippen LogP contribution in [-0.2, 0) is 14.6 Å². The van der Waals surface area contributed by atoms with E-state index < -0.39 is 21.3 Å². The summed E-state index contributed by atoms with van der Waals surface area (Å²) in [6, 6.07) is 0. The molecule has 100 valence electrons. The molecule has 0 aromatic rings. The molecule has 0 spiro atoms. The summed E-state index contributed by atoms with van der Waals surface area (Å²) in [7, 11) is -3.02. The lowest BCUT2D eigenvalue weighted by molar-refractivity contribution is -0.126. The Morgan fingerprint density at radius 1 is 1.53 bits per heavy atom. The normalized spacial score (nSPS) is 26.8. The summed E-state index contributed by atoms with van der Waals surface area (Å²) in [4.78, 5) is 12.0. The average Bonchev–Trinajstić information content (AvgIpc) is 2.58. The molecule has 17 heavy (non-hydrogen) atoms. The third-order valence-electron chi connectivity index (χ3n) is 3.71. The number of nitrogens with two attached hydrogens (primary N) is 1. The highest BCUT2D eigenvalue weighted by molar-refractivity contribution is 7.91. The maximum Gasteiger partial charge on any atom is 0.224 e. The van der Waals surface area contributed by atoms with Crippen LogP contribution in [0.2, 0.25) is 0 Å². The van der Waals surface area contributed by atoms with Crippen LogP contribution in [-0.4, -0.2) is 37.9 Å². The monoisotopic (exact) mass is 262 g/mol. The minimum atomic E-state index is -3.02. The van der Waals surface area contributed by atoms with Gasteiger partial charge in [-0.05, 0) is 19.3 Å². The van der Waals surface area contributed by atoms with E-state index in [1.165, 1.54) is 0 Å². The number of nitrogens with one attached hydrogen (secondary N) is 1. The summed E-state index contributed by atoms with van der Waals surface area (Å²) in [6.45, 7) is 6.20. The fourth-order valence-corrected chi connectivity index (χ4v) is 3.56. The second kappa shape index (κ2) is 4.94. The average molecular weight is 262 g/mol. The van der Waals surface area contributed by atoms with Crippen molar-refractivity contribution in [3.8, 4) is 0 Å². The van der Waals surface area contributed by atoms with E-state index in [2.05, 4.69) is 5.32 Å². The highest BCUT2D eigenvalue weighted by Crippen LogP contribution is 2.21. The fraction of sp³-hybridized carbons (Fsp3) is 0.909. The first kappa shape index (κ1) is 14.4. The van der Waals surface area contributed by atoms with Gasteiger partial charge in [0.1, 0.15) is 0 Å². The second-order valence-corrected chi connectivity index (χ2v) is 7.59. The van der Waals surface area contributed by atoms with E-state index in [-0.39, 0.29) is 23.3 Å². The van der Waals surface area contributed by atoms with Crippen LogP contribution >= 0.6 is 0 Å². The molecule has 5 nitrogen and oxygen atoms in total. The number of sulfone groups is 1. The van der Waals surface area contributed by atoms with Crippen LogP contribution in [0.5, 0.6) is 0 Å². The Balaban J connectivity index is 2.67. The molecule has 2 unspecified atom stereocenters. The van der Waals surface area contributed by atoms with Gasteiger partial charge >= 0.3 is 0 Å². The standard InChI is InChI=1S/C11H22N2O3S/c1-8(2)11(3,7-12)13-10(14)9-4-5-17(15,16)6-9/h8-9H,4-7,12H2,1-3H3,(H,13,14). The van der Waals surface area contributed by atoms with E-state index >= 15 is 0 Å².